The Bertz CT molecular complexity index is 611. The van der Waals surface area contributed by atoms with Gasteiger partial charge in [0.1, 0.15) is 5.60 Å². The minimum Gasteiger partial charge on any atom is -0.469 e. The molecule has 1 saturated heterocycles. The van der Waals surface area contributed by atoms with Crippen molar-refractivity contribution in [3.63, 3.8) is 0 Å². The van der Waals surface area contributed by atoms with Gasteiger partial charge in [-0.25, -0.2) is 4.79 Å². The van der Waals surface area contributed by atoms with E-state index in [4.69, 9.17) is 9.47 Å². The summed E-state index contributed by atoms with van der Waals surface area (Å²) in [5.41, 5.74) is -0.485. The number of methoxy groups -OCH3 is 1. The molecule has 0 radical (unpaired) electrons. The molecule has 1 heterocycles. The molecule has 1 aliphatic carbocycles. The first kappa shape index (κ1) is 27.8. The van der Waals surface area contributed by atoms with Crippen LogP contribution in [0, 0.1) is 11.8 Å². The van der Waals surface area contributed by atoms with Gasteiger partial charge in [0.25, 0.3) is 0 Å². The van der Waals surface area contributed by atoms with Gasteiger partial charge in [-0.3, -0.25) is 9.79 Å². The van der Waals surface area contributed by atoms with Gasteiger partial charge in [0, 0.05) is 32.2 Å². The van der Waals surface area contributed by atoms with Crippen LogP contribution in [0.5, 0.6) is 0 Å². The van der Waals surface area contributed by atoms with Gasteiger partial charge >= 0.3 is 12.1 Å². The number of hydrogen-bond donors (Lipinski definition) is 1. The molecule has 31 heavy (non-hydrogen) atoms. The first-order chi connectivity index (χ1) is 14.1. The zero-order chi connectivity index (χ0) is 22.3. The standard InChI is InChI=1S/C22H40N4O4.HI/c1-7-23-20(24-14-16(2)19(27)29-6)25-12-10-18(11-13-25)26(15-17-8-9-17)21(28)30-22(3,4)5;/h16-18H,7-15H2,1-6H3,(H,23,24);1H. The summed E-state index contributed by atoms with van der Waals surface area (Å²) in [7, 11) is 1.40. The molecule has 2 rings (SSSR count). The van der Waals surface area contributed by atoms with Crippen molar-refractivity contribution in [1.82, 2.24) is 15.1 Å². The quantitative estimate of drug-likeness (QED) is 0.226. The van der Waals surface area contributed by atoms with Crippen LogP contribution >= 0.6 is 24.0 Å². The number of nitrogens with zero attached hydrogens (tertiary/aromatic N) is 3. The largest absolute Gasteiger partial charge is 0.469 e. The first-order valence-corrected chi connectivity index (χ1v) is 11.2. The Balaban J connectivity index is 0.00000480. The summed E-state index contributed by atoms with van der Waals surface area (Å²) in [5, 5.41) is 3.32. The number of halogens is 1. The number of carbonyl (C=O) groups is 2. The molecular formula is C22H41IN4O4. The summed E-state index contributed by atoms with van der Waals surface area (Å²) in [5.74, 6) is 0.913. The van der Waals surface area contributed by atoms with Crippen molar-refractivity contribution in [2.45, 2.75) is 71.9 Å². The molecule has 1 saturated carbocycles. The number of guanidine groups is 1. The number of esters is 1. The molecule has 0 aromatic rings. The summed E-state index contributed by atoms with van der Waals surface area (Å²) < 4.78 is 10.5. The molecule has 0 spiro atoms. The highest BCUT2D eigenvalue weighted by Gasteiger charge is 2.35. The van der Waals surface area contributed by atoms with Crippen molar-refractivity contribution >= 4 is 42.0 Å². The maximum atomic E-state index is 12.8. The molecule has 8 nitrogen and oxygen atoms in total. The maximum absolute atomic E-state index is 12.8. The summed E-state index contributed by atoms with van der Waals surface area (Å²) in [4.78, 5) is 33.3. The average molecular weight is 552 g/mol. The van der Waals surface area contributed by atoms with Gasteiger partial charge in [0.15, 0.2) is 5.96 Å². The van der Waals surface area contributed by atoms with E-state index in [0.717, 1.165) is 45.0 Å². The molecule has 9 heteroatoms. The monoisotopic (exact) mass is 552 g/mol. The van der Waals surface area contributed by atoms with E-state index in [0.29, 0.717) is 12.5 Å². The Labute approximate surface area is 204 Å². The van der Waals surface area contributed by atoms with Crippen LogP contribution in [0.15, 0.2) is 4.99 Å². The van der Waals surface area contributed by atoms with Crippen LogP contribution in [0.2, 0.25) is 0 Å². The van der Waals surface area contributed by atoms with Crippen molar-refractivity contribution in [2.75, 3.05) is 39.8 Å². The van der Waals surface area contributed by atoms with E-state index in [-0.39, 0.29) is 48.0 Å². The van der Waals surface area contributed by atoms with Crippen LogP contribution in [-0.4, -0.2) is 79.3 Å². The molecule has 0 aromatic heterocycles. The molecule has 2 fully saturated rings. The Morgan fingerprint density at radius 1 is 1.19 bits per heavy atom. The maximum Gasteiger partial charge on any atom is 0.410 e. The zero-order valence-corrected chi connectivity index (χ0v) is 22.3. The zero-order valence-electron chi connectivity index (χ0n) is 20.0. The molecule has 1 atom stereocenters. The van der Waals surface area contributed by atoms with Gasteiger partial charge in [-0.15, -0.1) is 24.0 Å². The lowest BCUT2D eigenvalue weighted by Gasteiger charge is -2.40. The predicted octanol–water partition coefficient (Wildman–Crippen LogP) is 3.49. The summed E-state index contributed by atoms with van der Waals surface area (Å²) in [6.07, 6.45) is 3.97. The molecule has 1 aliphatic heterocycles. The van der Waals surface area contributed by atoms with E-state index in [2.05, 4.69) is 15.2 Å². The SMILES string of the molecule is CCNC(=NCC(C)C(=O)OC)N1CCC(N(CC2CC2)C(=O)OC(C)(C)C)CC1.I. The fraction of sp³-hybridized carbons (Fsp3) is 0.864. The number of rotatable bonds is 7. The van der Waals surface area contributed by atoms with Crippen LogP contribution in [-0.2, 0) is 14.3 Å². The smallest absolute Gasteiger partial charge is 0.410 e. The topological polar surface area (TPSA) is 83.5 Å². The Hall–Kier alpha value is -1.26. The predicted molar refractivity (Wildman–Crippen MR) is 133 cm³/mol. The van der Waals surface area contributed by atoms with Crippen molar-refractivity contribution < 1.29 is 19.1 Å². The van der Waals surface area contributed by atoms with E-state index < -0.39 is 5.60 Å². The van der Waals surface area contributed by atoms with Crippen LogP contribution < -0.4 is 5.32 Å². The van der Waals surface area contributed by atoms with Crippen LogP contribution in [0.4, 0.5) is 4.79 Å². The number of nitrogens with one attached hydrogen (secondary N) is 1. The number of amides is 1. The molecule has 1 unspecified atom stereocenters. The minimum absolute atomic E-state index is 0. The third kappa shape index (κ3) is 9.41. The van der Waals surface area contributed by atoms with Gasteiger partial charge in [0.2, 0.25) is 0 Å². The van der Waals surface area contributed by atoms with E-state index in [1.807, 2.05) is 39.5 Å². The molecule has 2 aliphatic rings. The Morgan fingerprint density at radius 2 is 1.81 bits per heavy atom. The lowest BCUT2D eigenvalue weighted by Crippen LogP contribution is -2.52. The average Bonchev–Trinajstić information content (AvgIpc) is 3.51. The third-order valence-corrected chi connectivity index (χ3v) is 5.44. The van der Waals surface area contributed by atoms with Gasteiger partial charge in [-0.2, -0.15) is 0 Å². The van der Waals surface area contributed by atoms with Crippen molar-refractivity contribution in [3.8, 4) is 0 Å². The number of carbonyl (C=O) groups excluding carboxylic acids is 2. The number of hydrogen-bond acceptors (Lipinski definition) is 5. The van der Waals surface area contributed by atoms with Crippen molar-refractivity contribution in [2.24, 2.45) is 16.8 Å². The minimum atomic E-state index is -0.485. The highest BCUT2D eigenvalue weighted by Crippen LogP contribution is 2.32. The highest BCUT2D eigenvalue weighted by atomic mass is 127. The Kier molecular flexibility index (Phi) is 11.4. The third-order valence-electron chi connectivity index (χ3n) is 5.44. The summed E-state index contributed by atoms with van der Waals surface area (Å²) in [6.45, 7) is 13.2. The highest BCUT2D eigenvalue weighted by molar-refractivity contribution is 14.0. The fourth-order valence-electron chi connectivity index (χ4n) is 3.59. The molecule has 1 N–H and O–H groups in total. The molecule has 1 amide bonds. The van der Waals surface area contributed by atoms with E-state index in [1.165, 1.54) is 20.0 Å². The normalized spacial score (nSPS) is 18.6. The second-order valence-electron chi connectivity index (χ2n) is 9.41. The van der Waals surface area contributed by atoms with Gasteiger partial charge in [-0.1, -0.05) is 6.92 Å². The van der Waals surface area contributed by atoms with Crippen LogP contribution in [0.3, 0.4) is 0 Å². The second-order valence-corrected chi connectivity index (χ2v) is 9.41. The summed E-state index contributed by atoms with van der Waals surface area (Å²) >= 11 is 0. The Morgan fingerprint density at radius 3 is 2.29 bits per heavy atom. The lowest BCUT2D eigenvalue weighted by molar-refractivity contribution is -0.144. The molecular weight excluding hydrogens is 511 g/mol. The van der Waals surface area contributed by atoms with Gasteiger partial charge < -0.3 is 24.6 Å². The van der Waals surface area contributed by atoms with Crippen LogP contribution in [0.25, 0.3) is 0 Å². The van der Waals surface area contributed by atoms with Crippen LogP contribution in [0.1, 0.15) is 60.3 Å². The molecule has 0 bridgehead atoms. The fourth-order valence-corrected chi connectivity index (χ4v) is 3.59. The molecule has 0 aromatic carbocycles. The number of piperidine rings is 1. The second kappa shape index (κ2) is 12.7. The number of likely N-dealkylation sites (tertiary alicyclic amines) is 1. The molecule has 180 valence electrons. The van der Waals surface area contributed by atoms with E-state index in [1.54, 1.807) is 0 Å². The van der Waals surface area contributed by atoms with Crippen molar-refractivity contribution in [3.05, 3.63) is 0 Å². The van der Waals surface area contributed by atoms with E-state index >= 15 is 0 Å². The summed E-state index contributed by atoms with van der Waals surface area (Å²) in [6, 6.07) is 0.188. The van der Waals surface area contributed by atoms with Gasteiger partial charge in [-0.05, 0) is 59.3 Å². The first-order valence-electron chi connectivity index (χ1n) is 11.2. The van der Waals surface area contributed by atoms with Crippen molar-refractivity contribution in [1.29, 1.82) is 0 Å². The number of aliphatic imine (C=N–C) groups is 1. The number of ether oxygens (including phenoxy) is 2. The van der Waals surface area contributed by atoms with E-state index in [9.17, 15) is 9.59 Å². The lowest BCUT2D eigenvalue weighted by atomic mass is 10.0. The van der Waals surface area contributed by atoms with Gasteiger partial charge in [0.05, 0.1) is 19.6 Å².